The standard InChI is InChI=1S/C3H8N2O4S/c1-2-9-3(6)5-10(4,7)8/h2H2,1H3,(H,5,6)(H2,4,7,8). The van der Waals surface area contributed by atoms with Gasteiger partial charge in [0.25, 0.3) is 0 Å². The van der Waals surface area contributed by atoms with Crippen LogP contribution in [0.15, 0.2) is 0 Å². The Kier molecular flexibility index (Phi) is 3.10. The fourth-order valence-electron chi connectivity index (χ4n) is 0.277. The summed E-state index contributed by atoms with van der Waals surface area (Å²) in [6.07, 6.45) is -1.06. The number of amides is 1. The molecule has 0 aliphatic rings. The van der Waals surface area contributed by atoms with Crippen molar-refractivity contribution in [1.29, 1.82) is 0 Å². The molecule has 0 heterocycles. The van der Waals surface area contributed by atoms with E-state index in [1.165, 1.54) is 4.72 Å². The molecule has 0 radical (unpaired) electrons. The van der Waals surface area contributed by atoms with Gasteiger partial charge in [-0.05, 0) is 6.92 Å². The molecule has 0 atom stereocenters. The summed E-state index contributed by atoms with van der Waals surface area (Å²) in [5.41, 5.74) is 0. The lowest BCUT2D eigenvalue weighted by atomic mass is 10.9. The van der Waals surface area contributed by atoms with Gasteiger partial charge in [0.05, 0.1) is 6.61 Å². The molecular weight excluding hydrogens is 160 g/mol. The van der Waals surface area contributed by atoms with Crippen molar-refractivity contribution in [2.24, 2.45) is 5.14 Å². The summed E-state index contributed by atoms with van der Waals surface area (Å²) in [5.74, 6) is 0. The Morgan fingerprint density at radius 2 is 2.20 bits per heavy atom. The molecular formula is C3H8N2O4S. The van der Waals surface area contributed by atoms with Crippen LogP contribution in [0.5, 0.6) is 0 Å². The predicted octanol–water partition coefficient (Wildman–Crippen LogP) is -1.06. The van der Waals surface area contributed by atoms with Gasteiger partial charge in [0.15, 0.2) is 0 Å². The maximum atomic E-state index is 10.3. The van der Waals surface area contributed by atoms with Gasteiger partial charge >= 0.3 is 16.3 Å². The Morgan fingerprint density at radius 1 is 1.70 bits per heavy atom. The van der Waals surface area contributed by atoms with Crippen molar-refractivity contribution < 1.29 is 17.9 Å². The second kappa shape index (κ2) is 3.37. The zero-order valence-electron chi connectivity index (χ0n) is 5.33. The summed E-state index contributed by atoms with van der Waals surface area (Å²) in [7, 11) is -3.97. The highest BCUT2D eigenvalue weighted by Gasteiger charge is 2.07. The maximum Gasteiger partial charge on any atom is 0.421 e. The molecule has 0 spiro atoms. The van der Waals surface area contributed by atoms with Crippen molar-refractivity contribution >= 4 is 16.3 Å². The second-order valence-corrected chi connectivity index (χ2v) is 2.66. The van der Waals surface area contributed by atoms with Gasteiger partial charge < -0.3 is 4.74 Å². The van der Waals surface area contributed by atoms with E-state index in [9.17, 15) is 13.2 Å². The first-order valence-electron chi connectivity index (χ1n) is 2.43. The maximum absolute atomic E-state index is 10.3. The van der Waals surface area contributed by atoms with Gasteiger partial charge in [-0.1, -0.05) is 0 Å². The van der Waals surface area contributed by atoms with Crippen molar-refractivity contribution in [3.63, 3.8) is 0 Å². The van der Waals surface area contributed by atoms with E-state index >= 15 is 0 Å². The van der Waals surface area contributed by atoms with Crippen LogP contribution in [-0.2, 0) is 14.9 Å². The van der Waals surface area contributed by atoms with Crippen LogP contribution in [0.2, 0.25) is 0 Å². The van der Waals surface area contributed by atoms with Gasteiger partial charge in [0.1, 0.15) is 0 Å². The lowest BCUT2D eigenvalue weighted by Gasteiger charge is -2.00. The number of ether oxygens (including phenoxy) is 1. The molecule has 1 amide bonds. The molecule has 3 N–H and O–H groups in total. The van der Waals surface area contributed by atoms with E-state index in [4.69, 9.17) is 0 Å². The summed E-state index contributed by atoms with van der Waals surface area (Å²) in [5, 5.41) is 4.43. The van der Waals surface area contributed by atoms with Crippen LogP contribution in [0.3, 0.4) is 0 Å². The highest BCUT2D eigenvalue weighted by Crippen LogP contribution is 1.76. The molecule has 7 heteroatoms. The summed E-state index contributed by atoms with van der Waals surface area (Å²) >= 11 is 0. The van der Waals surface area contributed by atoms with Gasteiger partial charge in [-0.25, -0.2) is 14.7 Å². The third-order valence-electron chi connectivity index (χ3n) is 0.501. The van der Waals surface area contributed by atoms with Gasteiger partial charge in [0.2, 0.25) is 0 Å². The van der Waals surface area contributed by atoms with Crippen LogP contribution in [0.4, 0.5) is 4.79 Å². The van der Waals surface area contributed by atoms with E-state index in [1.807, 2.05) is 0 Å². The number of nitrogens with two attached hydrogens (primary N) is 1. The molecule has 0 unspecified atom stereocenters. The van der Waals surface area contributed by atoms with Crippen molar-refractivity contribution in [3.05, 3.63) is 0 Å². The molecule has 10 heavy (non-hydrogen) atoms. The van der Waals surface area contributed by atoms with Crippen LogP contribution in [0.1, 0.15) is 6.92 Å². The van der Waals surface area contributed by atoms with E-state index in [-0.39, 0.29) is 6.61 Å². The topological polar surface area (TPSA) is 98.5 Å². The molecule has 6 nitrogen and oxygen atoms in total. The van der Waals surface area contributed by atoms with E-state index in [2.05, 4.69) is 9.88 Å². The van der Waals surface area contributed by atoms with Gasteiger partial charge in [-0.3, -0.25) is 0 Å². The summed E-state index contributed by atoms with van der Waals surface area (Å²) in [4.78, 5) is 10.3. The largest absolute Gasteiger partial charge is 0.449 e. The Labute approximate surface area is 58.5 Å². The van der Waals surface area contributed by atoms with Crippen LogP contribution in [0, 0.1) is 0 Å². The first-order valence-corrected chi connectivity index (χ1v) is 3.97. The summed E-state index contributed by atoms with van der Waals surface area (Å²) in [6, 6.07) is 0. The first-order chi connectivity index (χ1) is 4.45. The molecule has 0 aromatic rings. The number of rotatable bonds is 2. The van der Waals surface area contributed by atoms with E-state index in [1.54, 1.807) is 6.92 Å². The Hall–Kier alpha value is -0.820. The fourth-order valence-corrected chi connectivity index (χ4v) is 0.568. The van der Waals surface area contributed by atoms with E-state index in [0.717, 1.165) is 0 Å². The zero-order valence-corrected chi connectivity index (χ0v) is 6.14. The third-order valence-corrected chi connectivity index (χ3v) is 0.952. The molecule has 0 saturated heterocycles. The Balaban J connectivity index is 3.82. The molecule has 0 aromatic carbocycles. The fraction of sp³-hybridized carbons (Fsp3) is 0.667. The second-order valence-electron chi connectivity index (χ2n) is 1.37. The Bertz CT molecular complexity index is 209. The van der Waals surface area contributed by atoms with Crippen molar-refractivity contribution in [3.8, 4) is 0 Å². The van der Waals surface area contributed by atoms with Crippen molar-refractivity contribution in [2.45, 2.75) is 6.92 Å². The lowest BCUT2D eigenvalue weighted by Crippen LogP contribution is -2.36. The number of hydrogen-bond acceptors (Lipinski definition) is 4. The Morgan fingerprint density at radius 3 is 2.50 bits per heavy atom. The minimum absolute atomic E-state index is 0.0986. The van der Waals surface area contributed by atoms with Crippen LogP contribution >= 0.6 is 0 Å². The van der Waals surface area contributed by atoms with Crippen LogP contribution in [-0.4, -0.2) is 21.1 Å². The highest BCUT2D eigenvalue weighted by molar-refractivity contribution is 7.87. The summed E-state index contributed by atoms with van der Waals surface area (Å²) in [6.45, 7) is 1.64. The highest BCUT2D eigenvalue weighted by atomic mass is 32.2. The average Bonchev–Trinajstić information content (AvgIpc) is 1.59. The minimum Gasteiger partial charge on any atom is -0.449 e. The van der Waals surface area contributed by atoms with Gasteiger partial charge in [-0.2, -0.15) is 8.42 Å². The molecule has 0 saturated carbocycles. The normalized spacial score (nSPS) is 10.6. The van der Waals surface area contributed by atoms with E-state index in [0.29, 0.717) is 0 Å². The third kappa shape index (κ3) is 5.32. The monoisotopic (exact) mass is 168 g/mol. The zero-order chi connectivity index (χ0) is 8.20. The van der Waals surface area contributed by atoms with E-state index < -0.39 is 16.3 Å². The number of nitrogens with one attached hydrogen (secondary N) is 1. The molecule has 0 fully saturated rings. The number of carbonyl (C=O) groups excluding carboxylic acids is 1. The SMILES string of the molecule is CCOC(=O)NS(N)(=O)=O. The smallest absolute Gasteiger partial charge is 0.421 e. The molecule has 0 bridgehead atoms. The summed E-state index contributed by atoms with van der Waals surface area (Å²) < 4.78 is 25.8. The molecule has 0 aliphatic heterocycles. The minimum atomic E-state index is -3.97. The van der Waals surface area contributed by atoms with Gasteiger partial charge in [-0.15, -0.1) is 0 Å². The number of carbonyl (C=O) groups is 1. The predicted molar refractivity (Wildman–Crippen MR) is 33.3 cm³/mol. The lowest BCUT2D eigenvalue weighted by molar-refractivity contribution is 0.158. The van der Waals surface area contributed by atoms with Crippen LogP contribution in [0.25, 0.3) is 0 Å². The molecule has 0 aliphatic carbocycles. The molecule has 60 valence electrons. The van der Waals surface area contributed by atoms with Crippen molar-refractivity contribution in [1.82, 2.24) is 4.72 Å². The quantitative estimate of drug-likeness (QED) is 0.548. The van der Waals surface area contributed by atoms with Crippen LogP contribution < -0.4 is 9.86 Å². The average molecular weight is 168 g/mol. The number of hydrogen-bond donors (Lipinski definition) is 2. The van der Waals surface area contributed by atoms with Gasteiger partial charge in [0, 0.05) is 0 Å². The first kappa shape index (κ1) is 9.18. The van der Waals surface area contributed by atoms with Crippen molar-refractivity contribution in [2.75, 3.05) is 6.61 Å². The molecule has 0 rings (SSSR count). The molecule has 0 aromatic heterocycles.